The van der Waals surface area contributed by atoms with Crippen LogP contribution in [-0.4, -0.2) is 27.5 Å². The number of unbranched alkanes of at least 4 members (excludes halogenated alkanes) is 1. The molecule has 0 saturated heterocycles. The van der Waals surface area contributed by atoms with Crippen LogP contribution in [0.15, 0.2) is 18.7 Å². The minimum Gasteiger partial charge on any atom is -0.355 e. The van der Waals surface area contributed by atoms with Crippen LogP contribution in [0.3, 0.4) is 0 Å². The van der Waals surface area contributed by atoms with E-state index in [1.807, 2.05) is 17.7 Å². The van der Waals surface area contributed by atoms with E-state index in [-0.39, 0.29) is 5.91 Å². The van der Waals surface area contributed by atoms with Crippen molar-refractivity contribution in [2.24, 2.45) is 5.73 Å². The lowest BCUT2D eigenvalue weighted by atomic mass is 9.99. The molecule has 3 N–H and O–H groups in total. The van der Waals surface area contributed by atoms with Crippen molar-refractivity contribution >= 4 is 5.91 Å². The fraction of sp³-hybridized carbons (Fsp3) is 0.667. The van der Waals surface area contributed by atoms with Gasteiger partial charge < -0.3 is 15.6 Å². The van der Waals surface area contributed by atoms with Gasteiger partial charge in [-0.1, -0.05) is 6.92 Å². The van der Waals surface area contributed by atoms with Gasteiger partial charge in [-0.25, -0.2) is 4.98 Å². The highest BCUT2D eigenvalue weighted by Gasteiger charge is 2.24. The third kappa shape index (κ3) is 4.56. The Balaban J connectivity index is 2.10. The average molecular weight is 238 g/mol. The van der Waals surface area contributed by atoms with Gasteiger partial charge in [0.25, 0.3) is 0 Å². The topological polar surface area (TPSA) is 72.9 Å². The zero-order chi connectivity index (χ0) is 12.7. The third-order valence-corrected chi connectivity index (χ3v) is 2.94. The highest BCUT2D eigenvalue weighted by Crippen LogP contribution is 2.04. The first-order valence-corrected chi connectivity index (χ1v) is 6.09. The van der Waals surface area contributed by atoms with E-state index in [1.54, 1.807) is 19.4 Å². The number of hydrogen-bond acceptors (Lipinski definition) is 3. The Bertz CT molecular complexity index is 332. The number of nitrogens with one attached hydrogen (secondary N) is 1. The van der Waals surface area contributed by atoms with Crippen molar-refractivity contribution < 1.29 is 4.79 Å². The predicted molar refractivity (Wildman–Crippen MR) is 67.4 cm³/mol. The SMILES string of the molecule is CCC(C)(N)C(=O)NCCCCn1ccnc1. The Morgan fingerprint density at radius 3 is 2.88 bits per heavy atom. The van der Waals surface area contributed by atoms with Crippen molar-refractivity contribution in [2.45, 2.75) is 45.2 Å². The van der Waals surface area contributed by atoms with Crippen molar-refractivity contribution in [1.82, 2.24) is 14.9 Å². The Morgan fingerprint density at radius 1 is 1.53 bits per heavy atom. The molecule has 17 heavy (non-hydrogen) atoms. The van der Waals surface area contributed by atoms with Gasteiger partial charge in [-0.2, -0.15) is 0 Å². The first-order chi connectivity index (χ1) is 8.06. The van der Waals surface area contributed by atoms with E-state index in [0.717, 1.165) is 19.4 Å². The summed E-state index contributed by atoms with van der Waals surface area (Å²) in [6, 6.07) is 0. The Morgan fingerprint density at radius 2 is 2.29 bits per heavy atom. The van der Waals surface area contributed by atoms with Crippen molar-refractivity contribution in [3.8, 4) is 0 Å². The van der Waals surface area contributed by atoms with Crippen molar-refractivity contribution in [2.75, 3.05) is 6.54 Å². The molecule has 0 saturated carbocycles. The maximum Gasteiger partial charge on any atom is 0.239 e. The minimum atomic E-state index is -0.746. The molecule has 0 radical (unpaired) electrons. The number of aromatic nitrogens is 2. The summed E-state index contributed by atoms with van der Waals surface area (Å²) in [6.45, 7) is 5.29. The van der Waals surface area contributed by atoms with Crippen LogP contribution < -0.4 is 11.1 Å². The summed E-state index contributed by atoms with van der Waals surface area (Å²) < 4.78 is 2.03. The summed E-state index contributed by atoms with van der Waals surface area (Å²) >= 11 is 0. The first kappa shape index (κ1) is 13.7. The lowest BCUT2D eigenvalue weighted by molar-refractivity contribution is -0.125. The summed E-state index contributed by atoms with van der Waals surface area (Å²) in [4.78, 5) is 15.6. The highest BCUT2D eigenvalue weighted by molar-refractivity contribution is 5.85. The summed E-state index contributed by atoms with van der Waals surface area (Å²) in [5.41, 5.74) is 5.08. The maximum atomic E-state index is 11.6. The molecule has 5 nitrogen and oxygen atoms in total. The standard InChI is InChI=1S/C12H22N4O/c1-3-12(2,13)11(17)15-6-4-5-8-16-9-7-14-10-16/h7,9-10H,3-6,8,13H2,1-2H3,(H,15,17). The second kappa shape index (κ2) is 6.39. The van der Waals surface area contributed by atoms with E-state index in [1.165, 1.54) is 0 Å². The number of rotatable bonds is 7. The van der Waals surface area contributed by atoms with E-state index in [4.69, 9.17) is 5.73 Å². The normalized spacial score (nSPS) is 14.3. The molecule has 0 spiro atoms. The van der Waals surface area contributed by atoms with Crippen LogP contribution in [0, 0.1) is 0 Å². The van der Waals surface area contributed by atoms with Gasteiger partial charge >= 0.3 is 0 Å². The molecule has 1 rings (SSSR count). The summed E-state index contributed by atoms with van der Waals surface area (Å²) in [5.74, 6) is -0.0670. The van der Waals surface area contributed by atoms with Gasteiger partial charge in [0.15, 0.2) is 0 Å². The Labute approximate surface area is 102 Å². The number of nitrogens with two attached hydrogens (primary N) is 1. The summed E-state index contributed by atoms with van der Waals surface area (Å²) in [6.07, 6.45) is 8.11. The number of imidazole rings is 1. The van der Waals surface area contributed by atoms with Crippen LogP contribution in [0.1, 0.15) is 33.1 Å². The fourth-order valence-corrected chi connectivity index (χ4v) is 1.40. The number of nitrogens with zero attached hydrogens (tertiary/aromatic N) is 2. The van der Waals surface area contributed by atoms with Crippen molar-refractivity contribution in [1.29, 1.82) is 0 Å². The van der Waals surface area contributed by atoms with Crippen LogP contribution in [0.2, 0.25) is 0 Å². The molecule has 0 bridgehead atoms. The largest absolute Gasteiger partial charge is 0.355 e. The molecule has 1 aromatic rings. The number of amides is 1. The van der Waals surface area contributed by atoms with Gasteiger partial charge in [0.1, 0.15) is 0 Å². The minimum absolute atomic E-state index is 0.0670. The summed E-state index contributed by atoms with van der Waals surface area (Å²) in [5, 5.41) is 2.87. The summed E-state index contributed by atoms with van der Waals surface area (Å²) in [7, 11) is 0. The van der Waals surface area contributed by atoms with Crippen molar-refractivity contribution in [3.05, 3.63) is 18.7 Å². The Hall–Kier alpha value is -1.36. The van der Waals surface area contributed by atoms with Gasteiger partial charge in [-0.15, -0.1) is 0 Å². The van der Waals surface area contributed by atoms with Crippen molar-refractivity contribution in [3.63, 3.8) is 0 Å². The van der Waals surface area contributed by atoms with Crippen LogP contribution in [0.25, 0.3) is 0 Å². The molecule has 1 aromatic heterocycles. The molecule has 0 aliphatic heterocycles. The first-order valence-electron chi connectivity index (χ1n) is 6.09. The fourth-order valence-electron chi connectivity index (χ4n) is 1.40. The van der Waals surface area contributed by atoms with Crippen LogP contribution in [0.5, 0.6) is 0 Å². The van der Waals surface area contributed by atoms with E-state index < -0.39 is 5.54 Å². The molecule has 5 heteroatoms. The molecule has 0 fully saturated rings. The molecule has 0 aliphatic rings. The van der Waals surface area contributed by atoms with Gasteiger partial charge in [-0.05, 0) is 26.2 Å². The van der Waals surface area contributed by atoms with Gasteiger partial charge in [0.2, 0.25) is 5.91 Å². The van der Waals surface area contributed by atoms with Crippen LogP contribution >= 0.6 is 0 Å². The maximum absolute atomic E-state index is 11.6. The van der Waals surface area contributed by atoms with Gasteiger partial charge in [0.05, 0.1) is 11.9 Å². The molecule has 0 aromatic carbocycles. The quantitative estimate of drug-likeness (QED) is 0.693. The molecule has 1 atom stereocenters. The van der Waals surface area contributed by atoms with E-state index in [9.17, 15) is 4.79 Å². The molecule has 1 unspecified atom stereocenters. The number of carbonyl (C=O) groups is 1. The van der Waals surface area contributed by atoms with Crippen LogP contribution in [-0.2, 0) is 11.3 Å². The smallest absolute Gasteiger partial charge is 0.239 e. The third-order valence-electron chi connectivity index (χ3n) is 2.94. The monoisotopic (exact) mass is 238 g/mol. The lowest BCUT2D eigenvalue weighted by Crippen LogP contribution is -2.51. The number of aryl methyl sites for hydroxylation is 1. The predicted octanol–water partition coefficient (Wildman–Crippen LogP) is 0.907. The van der Waals surface area contributed by atoms with E-state index in [2.05, 4.69) is 10.3 Å². The van der Waals surface area contributed by atoms with Gasteiger partial charge in [-0.3, -0.25) is 4.79 Å². The Kier molecular flexibility index (Phi) is 5.15. The second-order valence-corrected chi connectivity index (χ2v) is 4.53. The zero-order valence-corrected chi connectivity index (χ0v) is 10.6. The molecular weight excluding hydrogens is 216 g/mol. The molecular formula is C12H22N4O. The zero-order valence-electron chi connectivity index (χ0n) is 10.6. The molecule has 1 heterocycles. The highest BCUT2D eigenvalue weighted by atomic mass is 16.2. The second-order valence-electron chi connectivity index (χ2n) is 4.53. The average Bonchev–Trinajstić information content (AvgIpc) is 2.81. The molecule has 96 valence electrons. The van der Waals surface area contributed by atoms with Gasteiger partial charge in [0, 0.05) is 25.5 Å². The number of carbonyl (C=O) groups excluding carboxylic acids is 1. The molecule has 0 aliphatic carbocycles. The molecule has 1 amide bonds. The lowest BCUT2D eigenvalue weighted by Gasteiger charge is -2.21. The van der Waals surface area contributed by atoms with E-state index >= 15 is 0 Å². The van der Waals surface area contributed by atoms with Crippen LogP contribution in [0.4, 0.5) is 0 Å². The van der Waals surface area contributed by atoms with E-state index in [0.29, 0.717) is 13.0 Å². The number of hydrogen-bond donors (Lipinski definition) is 2.